The molecule has 0 radical (unpaired) electrons. The molecule has 4 nitrogen and oxygen atoms in total. The van der Waals surface area contributed by atoms with Crippen molar-refractivity contribution in [3.63, 3.8) is 0 Å². The summed E-state index contributed by atoms with van der Waals surface area (Å²) in [7, 11) is 0. The highest BCUT2D eigenvalue weighted by atomic mass is 79.9. The van der Waals surface area contributed by atoms with Gasteiger partial charge in [-0.15, -0.1) is 10.2 Å². The quantitative estimate of drug-likeness (QED) is 0.622. The zero-order valence-corrected chi connectivity index (χ0v) is 18.3. The number of benzene rings is 2. The molecule has 2 aromatic rings. The molecule has 1 N–H and O–H groups in total. The summed E-state index contributed by atoms with van der Waals surface area (Å²) in [6.07, 6.45) is 2.60. The maximum Gasteiger partial charge on any atom is 0.234 e. The third-order valence-electron chi connectivity index (χ3n) is 5.05. The Morgan fingerprint density at radius 1 is 1.11 bits per heavy atom. The van der Waals surface area contributed by atoms with Crippen LogP contribution in [0, 0.1) is 13.8 Å². The zero-order valence-electron chi connectivity index (χ0n) is 15.9. The fourth-order valence-electron chi connectivity index (χ4n) is 3.36. The predicted molar refractivity (Wildman–Crippen MR) is 122 cm³/mol. The number of hydrogen-bond donors (Lipinski definition) is 1. The molecule has 6 heteroatoms. The number of amides is 1. The first-order valence-corrected chi connectivity index (χ1v) is 11.2. The van der Waals surface area contributed by atoms with Crippen LogP contribution in [-0.2, 0) is 4.79 Å². The number of thioether (sulfide) groups is 1. The van der Waals surface area contributed by atoms with Gasteiger partial charge in [-0.2, -0.15) is 0 Å². The number of carbonyl (C=O) groups excluding carboxylic acids is 1. The number of nitrogens with one attached hydrogen (secondary N) is 1. The molecule has 1 atom stereocenters. The normalized spacial score (nSPS) is 18.6. The molecular formula is C22H22BrN3OS. The number of hydrogen-bond acceptors (Lipinski definition) is 4. The third kappa shape index (κ3) is 4.39. The van der Waals surface area contributed by atoms with Crippen molar-refractivity contribution in [2.45, 2.75) is 38.5 Å². The lowest BCUT2D eigenvalue weighted by molar-refractivity contribution is -0.113. The minimum atomic E-state index is -0.0366. The molecular weight excluding hydrogens is 434 g/mol. The van der Waals surface area contributed by atoms with Gasteiger partial charge in [-0.3, -0.25) is 4.79 Å². The number of carbonyl (C=O) groups is 1. The highest BCUT2D eigenvalue weighted by Crippen LogP contribution is 2.41. The molecule has 1 aliphatic heterocycles. The SMILES string of the molecule is Cc1ccc(NC(=O)CSC2=NN=C(Br)C2c2ccc(C3CC3)cc2)c(C)c1. The molecule has 1 aliphatic carbocycles. The lowest BCUT2D eigenvalue weighted by atomic mass is 9.99. The first kappa shape index (κ1) is 19.4. The van der Waals surface area contributed by atoms with E-state index in [4.69, 9.17) is 0 Å². The maximum absolute atomic E-state index is 12.4. The summed E-state index contributed by atoms with van der Waals surface area (Å²) in [5, 5.41) is 12.3. The van der Waals surface area contributed by atoms with E-state index < -0.39 is 0 Å². The van der Waals surface area contributed by atoms with Crippen LogP contribution in [0.3, 0.4) is 0 Å². The van der Waals surface area contributed by atoms with Crippen molar-refractivity contribution in [1.82, 2.24) is 0 Å². The summed E-state index contributed by atoms with van der Waals surface area (Å²) in [4.78, 5) is 12.4. The number of anilines is 1. The smallest absolute Gasteiger partial charge is 0.234 e. The predicted octanol–water partition coefficient (Wildman–Crippen LogP) is 5.76. The Labute approximate surface area is 178 Å². The number of aryl methyl sites for hydroxylation is 2. The van der Waals surface area contributed by atoms with Crippen LogP contribution in [0.1, 0.15) is 46.9 Å². The van der Waals surface area contributed by atoms with Crippen molar-refractivity contribution in [3.05, 3.63) is 64.7 Å². The van der Waals surface area contributed by atoms with E-state index in [9.17, 15) is 4.79 Å². The van der Waals surface area contributed by atoms with E-state index in [1.165, 1.54) is 35.7 Å². The van der Waals surface area contributed by atoms with Gasteiger partial charge in [-0.25, -0.2) is 0 Å². The average molecular weight is 456 g/mol. The van der Waals surface area contributed by atoms with Crippen LogP contribution in [0.5, 0.6) is 0 Å². The second kappa shape index (κ2) is 8.21. The van der Waals surface area contributed by atoms with E-state index in [0.29, 0.717) is 5.75 Å². The van der Waals surface area contributed by atoms with Crippen LogP contribution in [0.2, 0.25) is 0 Å². The molecule has 2 aromatic carbocycles. The highest BCUT2D eigenvalue weighted by molar-refractivity contribution is 9.18. The van der Waals surface area contributed by atoms with Crippen molar-refractivity contribution >= 4 is 49.0 Å². The molecule has 0 bridgehead atoms. The Bertz CT molecular complexity index is 964. The van der Waals surface area contributed by atoms with Gasteiger partial charge in [0.2, 0.25) is 5.91 Å². The van der Waals surface area contributed by atoms with Crippen LogP contribution in [0.15, 0.2) is 52.7 Å². The Kier molecular flexibility index (Phi) is 5.69. The summed E-state index contributed by atoms with van der Waals surface area (Å²) >= 11 is 4.98. The second-order valence-electron chi connectivity index (χ2n) is 7.39. The summed E-state index contributed by atoms with van der Waals surface area (Å²) in [6.45, 7) is 4.05. The van der Waals surface area contributed by atoms with Crippen molar-refractivity contribution in [1.29, 1.82) is 0 Å². The van der Waals surface area contributed by atoms with Crippen molar-refractivity contribution in [3.8, 4) is 0 Å². The summed E-state index contributed by atoms with van der Waals surface area (Å²) in [5.41, 5.74) is 5.67. The van der Waals surface area contributed by atoms with Gasteiger partial charge in [0.15, 0.2) is 0 Å². The van der Waals surface area contributed by atoms with E-state index in [0.717, 1.165) is 32.4 Å². The van der Waals surface area contributed by atoms with E-state index in [2.05, 4.69) is 61.8 Å². The summed E-state index contributed by atoms with van der Waals surface area (Å²) in [5.74, 6) is 0.988. The Morgan fingerprint density at radius 2 is 1.82 bits per heavy atom. The number of nitrogens with zero attached hydrogens (tertiary/aromatic N) is 2. The molecule has 1 unspecified atom stereocenters. The third-order valence-corrected chi connectivity index (χ3v) is 6.69. The topological polar surface area (TPSA) is 53.8 Å². The fourth-order valence-corrected chi connectivity index (χ4v) is 4.94. The van der Waals surface area contributed by atoms with Crippen LogP contribution in [-0.4, -0.2) is 21.3 Å². The molecule has 0 saturated heterocycles. The van der Waals surface area contributed by atoms with Crippen LogP contribution >= 0.6 is 27.7 Å². The standard InChI is InChI=1S/C22H22BrN3OS/c1-13-3-10-18(14(2)11-13)24-19(27)12-28-22-20(21(23)25-26-22)17-8-6-16(7-9-17)15-4-5-15/h3,6-11,15,20H,4-5,12H2,1-2H3,(H,24,27). The molecule has 0 spiro atoms. The summed E-state index contributed by atoms with van der Waals surface area (Å²) < 4.78 is 0.795. The molecule has 28 heavy (non-hydrogen) atoms. The first-order valence-electron chi connectivity index (χ1n) is 9.42. The van der Waals surface area contributed by atoms with E-state index >= 15 is 0 Å². The van der Waals surface area contributed by atoms with Crippen LogP contribution in [0.4, 0.5) is 5.69 Å². The monoisotopic (exact) mass is 455 g/mol. The minimum Gasteiger partial charge on any atom is -0.325 e. The molecule has 0 aromatic heterocycles. The Balaban J connectivity index is 1.38. The van der Waals surface area contributed by atoms with Crippen molar-refractivity contribution in [2.24, 2.45) is 10.2 Å². The van der Waals surface area contributed by atoms with Gasteiger partial charge in [0.05, 0.1) is 11.7 Å². The van der Waals surface area contributed by atoms with Gasteiger partial charge in [-0.1, -0.05) is 53.7 Å². The molecule has 1 fully saturated rings. The van der Waals surface area contributed by atoms with Crippen LogP contribution in [0.25, 0.3) is 0 Å². The lowest BCUT2D eigenvalue weighted by Crippen LogP contribution is -2.18. The van der Waals surface area contributed by atoms with Gasteiger partial charge in [0, 0.05) is 5.69 Å². The zero-order chi connectivity index (χ0) is 19.7. The summed E-state index contributed by atoms with van der Waals surface area (Å²) in [6, 6.07) is 14.8. The van der Waals surface area contributed by atoms with E-state index in [1.54, 1.807) is 0 Å². The van der Waals surface area contributed by atoms with E-state index in [-0.39, 0.29) is 11.8 Å². The number of rotatable bonds is 5. The molecule has 1 saturated carbocycles. The maximum atomic E-state index is 12.4. The van der Waals surface area contributed by atoms with E-state index in [1.807, 2.05) is 26.0 Å². The van der Waals surface area contributed by atoms with Crippen LogP contribution < -0.4 is 5.32 Å². The average Bonchev–Trinajstić information content (AvgIpc) is 3.46. The van der Waals surface area contributed by atoms with Gasteiger partial charge < -0.3 is 5.32 Å². The first-order chi connectivity index (χ1) is 13.5. The fraction of sp³-hybridized carbons (Fsp3) is 0.318. The van der Waals surface area contributed by atoms with Gasteiger partial charge >= 0.3 is 0 Å². The number of halogens is 1. The second-order valence-corrected chi connectivity index (χ2v) is 9.20. The van der Waals surface area contributed by atoms with Crippen molar-refractivity contribution in [2.75, 3.05) is 11.1 Å². The minimum absolute atomic E-state index is 0.0211. The van der Waals surface area contributed by atoms with Gasteiger partial charge in [0.1, 0.15) is 9.66 Å². The van der Waals surface area contributed by atoms with Gasteiger partial charge in [-0.05, 0) is 71.3 Å². The van der Waals surface area contributed by atoms with Gasteiger partial charge in [0.25, 0.3) is 0 Å². The Hall–Kier alpha value is -1.92. The van der Waals surface area contributed by atoms with Crippen molar-refractivity contribution < 1.29 is 4.79 Å². The highest BCUT2D eigenvalue weighted by Gasteiger charge is 2.29. The Morgan fingerprint density at radius 3 is 2.50 bits per heavy atom. The molecule has 1 heterocycles. The molecule has 4 rings (SSSR count). The largest absolute Gasteiger partial charge is 0.325 e. The molecule has 144 valence electrons. The molecule has 2 aliphatic rings. The lowest BCUT2D eigenvalue weighted by Gasteiger charge is -2.14. The molecule has 1 amide bonds.